The van der Waals surface area contributed by atoms with Gasteiger partial charge in [0, 0.05) is 5.75 Å². The van der Waals surface area contributed by atoms with Crippen LogP contribution in [0.15, 0.2) is 48.5 Å². The van der Waals surface area contributed by atoms with Crippen molar-refractivity contribution in [3.05, 3.63) is 70.8 Å². The van der Waals surface area contributed by atoms with Gasteiger partial charge in [0.25, 0.3) is 0 Å². The van der Waals surface area contributed by atoms with E-state index in [4.69, 9.17) is 0 Å². The highest BCUT2D eigenvalue weighted by atomic mass is 32.2. The second-order valence-electron chi connectivity index (χ2n) is 5.46. The lowest BCUT2D eigenvalue weighted by Gasteiger charge is -2.46. The van der Waals surface area contributed by atoms with Crippen LogP contribution in [0.1, 0.15) is 22.3 Å². The van der Waals surface area contributed by atoms with Crippen molar-refractivity contribution >= 4 is 11.8 Å². The Morgan fingerprint density at radius 1 is 0.950 bits per heavy atom. The number of rotatable bonds is 2. The van der Waals surface area contributed by atoms with E-state index in [1.807, 2.05) is 11.8 Å². The molecule has 1 saturated heterocycles. The quantitative estimate of drug-likeness (QED) is 0.811. The molecular formula is C18H17NS. The molecule has 1 unspecified atom stereocenters. The van der Waals surface area contributed by atoms with Crippen LogP contribution in [-0.4, -0.2) is 5.75 Å². The maximum Gasteiger partial charge on any atom is 0.0823 e. The van der Waals surface area contributed by atoms with Crippen LogP contribution in [0.4, 0.5) is 0 Å². The molecule has 0 saturated carbocycles. The molecule has 0 aromatic heterocycles. The van der Waals surface area contributed by atoms with E-state index in [9.17, 15) is 5.26 Å². The number of aryl methyl sites for hydroxylation is 2. The first-order chi connectivity index (χ1) is 9.66. The molecule has 0 N–H and O–H groups in total. The molecule has 2 aromatic carbocycles. The zero-order valence-electron chi connectivity index (χ0n) is 11.8. The molecule has 1 aliphatic heterocycles. The fraction of sp³-hybridized carbons (Fsp3) is 0.278. The van der Waals surface area contributed by atoms with E-state index < -0.39 is 0 Å². The fourth-order valence-electron chi connectivity index (χ4n) is 2.80. The highest BCUT2D eigenvalue weighted by Gasteiger charge is 2.50. The van der Waals surface area contributed by atoms with Gasteiger partial charge in [-0.3, -0.25) is 0 Å². The molecule has 1 aliphatic rings. The molecule has 0 radical (unpaired) electrons. The molecule has 1 atom stereocenters. The molecule has 1 fully saturated rings. The van der Waals surface area contributed by atoms with Crippen molar-refractivity contribution < 1.29 is 0 Å². The summed E-state index contributed by atoms with van der Waals surface area (Å²) in [6.07, 6.45) is 0. The molecule has 0 amide bonds. The Bertz CT molecular complexity index is 604. The van der Waals surface area contributed by atoms with Crippen molar-refractivity contribution in [3.63, 3.8) is 0 Å². The lowest BCUT2D eigenvalue weighted by atomic mass is 9.79. The summed E-state index contributed by atoms with van der Waals surface area (Å²) < 4.78 is -0.184. The maximum absolute atomic E-state index is 9.49. The van der Waals surface area contributed by atoms with Crippen molar-refractivity contribution in [2.75, 3.05) is 5.75 Å². The molecule has 2 heteroatoms. The Kier molecular flexibility index (Phi) is 3.31. The molecule has 1 heterocycles. The van der Waals surface area contributed by atoms with Gasteiger partial charge in [0.2, 0.25) is 0 Å². The number of nitrogens with zero attached hydrogens (tertiary/aromatic N) is 1. The third-order valence-electron chi connectivity index (χ3n) is 4.09. The number of benzene rings is 2. The highest BCUT2D eigenvalue weighted by molar-refractivity contribution is 8.01. The largest absolute Gasteiger partial charge is 0.198 e. The van der Waals surface area contributed by atoms with E-state index in [2.05, 4.69) is 68.4 Å². The van der Waals surface area contributed by atoms with Crippen LogP contribution in [0.3, 0.4) is 0 Å². The Hall–Kier alpha value is -1.72. The van der Waals surface area contributed by atoms with Gasteiger partial charge in [-0.1, -0.05) is 59.7 Å². The third kappa shape index (κ3) is 1.94. The number of hydrogen-bond donors (Lipinski definition) is 0. The third-order valence-corrected chi connectivity index (χ3v) is 5.80. The first kappa shape index (κ1) is 13.3. The average Bonchev–Trinajstić information content (AvgIpc) is 2.43. The van der Waals surface area contributed by atoms with Gasteiger partial charge in [0.15, 0.2) is 0 Å². The van der Waals surface area contributed by atoms with Crippen LogP contribution in [0.25, 0.3) is 0 Å². The van der Waals surface area contributed by atoms with Gasteiger partial charge in [-0.15, -0.1) is 11.8 Å². The normalized spacial score (nSPS) is 19.9. The van der Waals surface area contributed by atoms with Gasteiger partial charge in [-0.25, -0.2) is 0 Å². The standard InChI is InChI=1S/C18H17NS/c1-13-3-7-15(8-4-13)18(17(11-19)12-20-18)16-9-5-14(2)6-10-16/h3-10,17H,12H2,1-2H3. The van der Waals surface area contributed by atoms with E-state index in [-0.39, 0.29) is 10.7 Å². The number of thioether (sulfide) groups is 1. The minimum atomic E-state index is -0.184. The van der Waals surface area contributed by atoms with Crippen molar-refractivity contribution in [2.24, 2.45) is 5.92 Å². The van der Waals surface area contributed by atoms with E-state index in [1.165, 1.54) is 22.3 Å². The first-order valence-corrected chi connectivity index (χ1v) is 7.83. The van der Waals surface area contributed by atoms with E-state index in [0.717, 1.165) is 5.75 Å². The van der Waals surface area contributed by atoms with Crippen molar-refractivity contribution in [2.45, 2.75) is 18.6 Å². The van der Waals surface area contributed by atoms with E-state index >= 15 is 0 Å². The summed E-state index contributed by atoms with van der Waals surface area (Å²) in [6.45, 7) is 4.19. The summed E-state index contributed by atoms with van der Waals surface area (Å²) in [5.74, 6) is 0.969. The van der Waals surface area contributed by atoms with Crippen LogP contribution < -0.4 is 0 Å². The summed E-state index contributed by atoms with van der Waals surface area (Å²) in [6, 6.07) is 19.7. The lowest BCUT2D eigenvalue weighted by molar-refractivity contribution is 0.545. The SMILES string of the molecule is Cc1ccc(C2(c3ccc(C)cc3)SCC2C#N)cc1. The van der Waals surface area contributed by atoms with Crippen molar-refractivity contribution in [1.29, 1.82) is 5.26 Å². The summed E-state index contributed by atoms with van der Waals surface area (Å²) in [5, 5.41) is 9.49. The van der Waals surface area contributed by atoms with Crippen LogP contribution in [-0.2, 0) is 4.75 Å². The Morgan fingerprint density at radius 2 is 1.40 bits per heavy atom. The fourth-order valence-corrected chi connectivity index (χ4v) is 4.20. The second-order valence-corrected chi connectivity index (χ2v) is 6.73. The monoisotopic (exact) mass is 279 g/mol. The van der Waals surface area contributed by atoms with Gasteiger partial charge in [0.05, 0.1) is 16.7 Å². The Balaban J connectivity index is 2.13. The lowest BCUT2D eigenvalue weighted by Crippen LogP contribution is -2.43. The molecule has 20 heavy (non-hydrogen) atoms. The van der Waals surface area contributed by atoms with Gasteiger partial charge in [-0.05, 0) is 25.0 Å². The zero-order valence-corrected chi connectivity index (χ0v) is 12.6. The number of hydrogen-bond acceptors (Lipinski definition) is 2. The molecule has 100 valence electrons. The number of nitriles is 1. The summed E-state index contributed by atoms with van der Waals surface area (Å²) in [7, 11) is 0. The van der Waals surface area contributed by atoms with Gasteiger partial charge in [0.1, 0.15) is 0 Å². The van der Waals surface area contributed by atoms with Crippen LogP contribution >= 0.6 is 11.8 Å². The maximum atomic E-state index is 9.49. The topological polar surface area (TPSA) is 23.8 Å². The van der Waals surface area contributed by atoms with Gasteiger partial charge in [-0.2, -0.15) is 5.26 Å². The predicted octanol–water partition coefficient (Wildman–Crippen LogP) is 4.43. The van der Waals surface area contributed by atoms with Crippen LogP contribution in [0.5, 0.6) is 0 Å². The smallest absolute Gasteiger partial charge is 0.0823 e. The molecule has 3 rings (SSSR count). The molecular weight excluding hydrogens is 262 g/mol. The average molecular weight is 279 g/mol. The van der Waals surface area contributed by atoms with E-state index in [1.54, 1.807) is 0 Å². The highest BCUT2D eigenvalue weighted by Crippen LogP contribution is 2.57. The molecule has 2 aromatic rings. The minimum absolute atomic E-state index is 0.0536. The molecule has 0 bridgehead atoms. The minimum Gasteiger partial charge on any atom is -0.198 e. The predicted molar refractivity (Wildman–Crippen MR) is 84.7 cm³/mol. The van der Waals surface area contributed by atoms with E-state index in [0.29, 0.717) is 0 Å². The molecule has 0 aliphatic carbocycles. The molecule has 0 spiro atoms. The Morgan fingerprint density at radius 3 is 1.70 bits per heavy atom. The zero-order chi connectivity index (χ0) is 14.2. The second kappa shape index (κ2) is 5.00. The van der Waals surface area contributed by atoms with Crippen LogP contribution in [0.2, 0.25) is 0 Å². The van der Waals surface area contributed by atoms with Crippen LogP contribution in [0, 0.1) is 31.1 Å². The summed E-state index contributed by atoms with van der Waals surface area (Å²) >= 11 is 1.88. The molecule has 1 nitrogen and oxygen atoms in total. The van der Waals surface area contributed by atoms with Gasteiger partial charge >= 0.3 is 0 Å². The van der Waals surface area contributed by atoms with Crippen molar-refractivity contribution in [3.8, 4) is 6.07 Å². The summed E-state index contributed by atoms with van der Waals surface area (Å²) in [5.41, 5.74) is 5.00. The Labute approximate surface area is 124 Å². The summed E-state index contributed by atoms with van der Waals surface area (Å²) in [4.78, 5) is 0. The first-order valence-electron chi connectivity index (χ1n) is 6.84. The van der Waals surface area contributed by atoms with Crippen molar-refractivity contribution in [1.82, 2.24) is 0 Å². The van der Waals surface area contributed by atoms with Gasteiger partial charge < -0.3 is 0 Å².